The fraction of sp³-hybridized carbons (Fsp3) is 0.500. The van der Waals surface area contributed by atoms with E-state index in [0.29, 0.717) is 18.5 Å². The summed E-state index contributed by atoms with van der Waals surface area (Å²) in [5, 5.41) is 8.76. The highest BCUT2D eigenvalue weighted by molar-refractivity contribution is 5.76. The van der Waals surface area contributed by atoms with Crippen molar-refractivity contribution in [2.75, 3.05) is 19.7 Å². The normalized spacial score (nSPS) is 18.5. The van der Waals surface area contributed by atoms with Crippen molar-refractivity contribution in [3.63, 3.8) is 0 Å². The Balaban J connectivity index is 1.85. The standard InChI is InChI=1S/C16H18F3NO4/c17-16(18,19)12-4-1-11(2-5-12)3-6-14(21)20-7-8-24-13(10-20)9-15(22)23/h1-2,4-5,13H,3,6-10H2,(H,22,23). The molecule has 2 rings (SSSR count). The average molecular weight is 345 g/mol. The van der Waals surface area contributed by atoms with Gasteiger partial charge in [-0.2, -0.15) is 13.2 Å². The molecule has 1 aliphatic rings. The predicted octanol–water partition coefficient (Wildman–Crippen LogP) is 2.34. The quantitative estimate of drug-likeness (QED) is 0.890. The van der Waals surface area contributed by atoms with Crippen LogP contribution in [0.5, 0.6) is 0 Å². The van der Waals surface area contributed by atoms with Crippen molar-refractivity contribution in [3.8, 4) is 0 Å². The number of rotatable bonds is 5. The van der Waals surface area contributed by atoms with Gasteiger partial charge < -0.3 is 14.7 Å². The molecule has 5 nitrogen and oxygen atoms in total. The zero-order valence-electron chi connectivity index (χ0n) is 12.9. The number of hydrogen-bond acceptors (Lipinski definition) is 3. The van der Waals surface area contributed by atoms with Crippen LogP contribution in [0.3, 0.4) is 0 Å². The predicted molar refractivity (Wildman–Crippen MR) is 78.3 cm³/mol. The molecule has 0 spiro atoms. The van der Waals surface area contributed by atoms with Crippen molar-refractivity contribution < 1.29 is 32.6 Å². The Morgan fingerprint density at radius 3 is 2.50 bits per heavy atom. The number of morpholine rings is 1. The second-order valence-electron chi connectivity index (χ2n) is 5.63. The molecule has 24 heavy (non-hydrogen) atoms. The van der Waals surface area contributed by atoms with E-state index in [1.54, 1.807) is 4.90 Å². The molecule has 1 atom stereocenters. The minimum atomic E-state index is -4.37. The van der Waals surface area contributed by atoms with Crippen molar-refractivity contribution in [1.82, 2.24) is 4.90 Å². The molecule has 1 aliphatic heterocycles. The average Bonchev–Trinajstić information content (AvgIpc) is 2.52. The van der Waals surface area contributed by atoms with Gasteiger partial charge in [0.05, 0.1) is 24.7 Å². The lowest BCUT2D eigenvalue weighted by atomic mass is 10.1. The number of aryl methyl sites for hydroxylation is 1. The molecule has 0 radical (unpaired) electrons. The Kier molecular flexibility index (Phi) is 5.82. The summed E-state index contributed by atoms with van der Waals surface area (Å²) in [7, 11) is 0. The van der Waals surface area contributed by atoms with Gasteiger partial charge in [-0.05, 0) is 24.1 Å². The van der Waals surface area contributed by atoms with E-state index in [9.17, 15) is 22.8 Å². The molecule has 1 amide bonds. The molecule has 0 aromatic heterocycles. The molecular weight excluding hydrogens is 327 g/mol. The Bertz CT molecular complexity index is 586. The van der Waals surface area contributed by atoms with Crippen LogP contribution in [0.25, 0.3) is 0 Å². The third-order valence-corrected chi connectivity index (χ3v) is 3.80. The molecule has 0 aliphatic carbocycles. The van der Waals surface area contributed by atoms with Crippen LogP contribution in [0.2, 0.25) is 0 Å². The Morgan fingerprint density at radius 1 is 1.25 bits per heavy atom. The van der Waals surface area contributed by atoms with E-state index in [1.165, 1.54) is 12.1 Å². The molecule has 0 saturated carbocycles. The maximum atomic E-state index is 12.5. The number of carboxylic acid groups (broad SMARTS) is 1. The van der Waals surface area contributed by atoms with Gasteiger partial charge in [0.1, 0.15) is 0 Å². The van der Waals surface area contributed by atoms with Crippen LogP contribution in [0.15, 0.2) is 24.3 Å². The monoisotopic (exact) mass is 345 g/mol. The fourth-order valence-electron chi connectivity index (χ4n) is 2.53. The number of nitrogens with zero attached hydrogens (tertiary/aromatic N) is 1. The summed E-state index contributed by atoms with van der Waals surface area (Å²) in [6.07, 6.45) is -4.57. The first-order valence-electron chi connectivity index (χ1n) is 7.53. The summed E-state index contributed by atoms with van der Waals surface area (Å²) in [5.74, 6) is -1.15. The Morgan fingerprint density at radius 2 is 1.92 bits per heavy atom. The lowest BCUT2D eigenvalue weighted by Crippen LogP contribution is -2.46. The van der Waals surface area contributed by atoms with Gasteiger partial charge in [-0.1, -0.05) is 12.1 Å². The SMILES string of the molecule is O=C(O)CC1CN(C(=O)CCc2ccc(C(F)(F)F)cc2)CCO1. The van der Waals surface area contributed by atoms with Crippen LogP contribution in [0.1, 0.15) is 24.0 Å². The summed E-state index contributed by atoms with van der Waals surface area (Å²) in [5.41, 5.74) is -0.0750. The third-order valence-electron chi connectivity index (χ3n) is 3.80. The van der Waals surface area contributed by atoms with Gasteiger partial charge in [-0.15, -0.1) is 0 Å². The maximum Gasteiger partial charge on any atom is 0.416 e. The summed E-state index contributed by atoms with van der Waals surface area (Å²) in [4.78, 5) is 24.4. The highest BCUT2D eigenvalue weighted by atomic mass is 19.4. The number of benzene rings is 1. The van der Waals surface area contributed by atoms with Crippen LogP contribution < -0.4 is 0 Å². The van der Waals surface area contributed by atoms with Crippen molar-refractivity contribution in [1.29, 1.82) is 0 Å². The van der Waals surface area contributed by atoms with E-state index in [1.807, 2.05) is 0 Å². The highest BCUT2D eigenvalue weighted by Gasteiger charge is 2.30. The van der Waals surface area contributed by atoms with Gasteiger partial charge in [0.25, 0.3) is 0 Å². The summed E-state index contributed by atoms with van der Waals surface area (Å²) >= 11 is 0. The van der Waals surface area contributed by atoms with Crippen LogP contribution in [-0.2, 0) is 26.9 Å². The van der Waals surface area contributed by atoms with E-state index < -0.39 is 23.8 Å². The number of carbonyl (C=O) groups is 2. The number of hydrogen-bond donors (Lipinski definition) is 1. The Hall–Kier alpha value is -2.09. The summed E-state index contributed by atoms with van der Waals surface area (Å²) in [6.45, 7) is 0.893. The minimum Gasteiger partial charge on any atom is -0.481 e. The van der Waals surface area contributed by atoms with Crippen LogP contribution in [-0.4, -0.2) is 47.7 Å². The number of halogens is 3. The van der Waals surface area contributed by atoms with Gasteiger partial charge in [-0.25, -0.2) is 0 Å². The fourth-order valence-corrected chi connectivity index (χ4v) is 2.53. The second-order valence-corrected chi connectivity index (χ2v) is 5.63. The van der Waals surface area contributed by atoms with Crippen molar-refractivity contribution in [3.05, 3.63) is 35.4 Å². The van der Waals surface area contributed by atoms with E-state index >= 15 is 0 Å². The third kappa shape index (κ3) is 5.23. The van der Waals surface area contributed by atoms with Crippen LogP contribution in [0.4, 0.5) is 13.2 Å². The number of ether oxygens (including phenoxy) is 1. The van der Waals surface area contributed by atoms with Crippen LogP contribution in [0, 0.1) is 0 Å². The van der Waals surface area contributed by atoms with Gasteiger partial charge in [0, 0.05) is 19.5 Å². The first-order valence-corrected chi connectivity index (χ1v) is 7.53. The van der Waals surface area contributed by atoms with Crippen molar-refractivity contribution in [2.24, 2.45) is 0 Å². The van der Waals surface area contributed by atoms with E-state index in [2.05, 4.69) is 0 Å². The van der Waals surface area contributed by atoms with Crippen LogP contribution >= 0.6 is 0 Å². The summed E-state index contributed by atoms with van der Waals surface area (Å²) in [6, 6.07) is 4.72. The maximum absolute atomic E-state index is 12.5. The molecule has 132 valence electrons. The molecule has 1 fully saturated rings. The topological polar surface area (TPSA) is 66.8 Å². The molecular formula is C16H18F3NO4. The lowest BCUT2D eigenvalue weighted by molar-refractivity contribution is -0.147. The van der Waals surface area contributed by atoms with Crippen molar-refractivity contribution >= 4 is 11.9 Å². The van der Waals surface area contributed by atoms with E-state index in [4.69, 9.17) is 9.84 Å². The lowest BCUT2D eigenvalue weighted by Gasteiger charge is -2.32. The van der Waals surface area contributed by atoms with Gasteiger partial charge >= 0.3 is 12.1 Å². The molecule has 1 aromatic carbocycles. The highest BCUT2D eigenvalue weighted by Crippen LogP contribution is 2.29. The van der Waals surface area contributed by atoms with Gasteiger partial charge in [-0.3, -0.25) is 9.59 Å². The minimum absolute atomic E-state index is 0.158. The number of alkyl halides is 3. The Labute approximate surface area is 137 Å². The van der Waals surface area contributed by atoms with Gasteiger partial charge in [0.2, 0.25) is 5.91 Å². The number of aliphatic carboxylic acids is 1. The number of amides is 1. The van der Waals surface area contributed by atoms with E-state index in [0.717, 1.165) is 12.1 Å². The molecule has 1 saturated heterocycles. The molecule has 1 heterocycles. The molecule has 8 heteroatoms. The number of carboxylic acids is 1. The summed E-state index contributed by atoms with van der Waals surface area (Å²) < 4.78 is 42.8. The zero-order chi connectivity index (χ0) is 17.7. The molecule has 1 unspecified atom stereocenters. The van der Waals surface area contributed by atoms with Crippen molar-refractivity contribution in [2.45, 2.75) is 31.5 Å². The first kappa shape index (κ1) is 18.3. The number of carbonyl (C=O) groups excluding carboxylic acids is 1. The zero-order valence-corrected chi connectivity index (χ0v) is 12.9. The molecule has 1 aromatic rings. The molecule has 0 bridgehead atoms. The smallest absolute Gasteiger partial charge is 0.416 e. The largest absolute Gasteiger partial charge is 0.481 e. The van der Waals surface area contributed by atoms with E-state index in [-0.39, 0.29) is 31.9 Å². The molecule has 1 N–H and O–H groups in total. The van der Waals surface area contributed by atoms with Gasteiger partial charge in [0.15, 0.2) is 0 Å². The second kappa shape index (κ2) is 7.65. The first-order chi connectivity index (χ1) is 11.3.